The molecule has 4 heterocycles. The monoisotopic (exact) mass is 590 g/mol. The lowest BCUT2D eigenvalue weighted by Gasteiger charge is -2.39. The number of halogens is 2. The quantitative estimate of drug-likeness (QED) is 0.320. The van der Waals surface area contributed by atoms with Gasteiger partial charge in [-0.05, 0) is 90.5 Å². The predicted octanol–water partition coefficient (Wildman–Crippen LogP) is 5.12. The highest BCUT2D eigenvalue weighted by Gasteiger charge is 2.36. The van der Waals surface area contributed by atoms with Crippen LogP contribution in [0.5, 0.6) is 0 Å². The van der Waals surface area contributed by atoms with Gasteiger partial charge < -0.3 is 20.5 Å². The minimum absolute atomic E-state index is 0.0767. The van der Waals surface area contributed by atoms with Crippen LogP contribution in [0.4, 0.5) is 13.6 Å². The van der Waals surface area contributed by atoms with Crippen molar-refractivity contribution in [3.63, 3.8) is 0 Å². The fourth-order valence-electron chi connectivity index (χ4n) is 6.73. The van der Waals surface area contributed by atoms with Crippen LogP contribution < -0.4 is 11.1 Å². The fraction of sp³-hybridized carbons (Fsp3) is 0.438. The number of carbonyl (C=O) groups excluding carboxylic acids is 1. The van der Waals surface area contributed by atoms with E-state index in [1.807, 2.05) is 12.3 Å². The van der Waals surface area contributed by atoms with Crippen LogP contribution in [0, 0.1) is 17.6 Å². The molecule has 43 heavy (non-hydrogen) atoms. The van der Waals surface area contributed by atoms with E-state index in [1.165, 1.54) is 19.2 Å². The van der Waals surface area contributed by atoms with Crippen molar-refractivity contribution in [2.75, 3.05) is 20.3 Å². The molecule has 11 heteroatoms. The van der Waals surface area contributed by atoms with Crippen molar-refractivity contribution in [1.29, 1.82) is 0 Å². The first kappa shape index (κ1) is 29.1. The molecule has 0 unspecified atom stereocenters. The van der Waals surface area contributed by atoms with E-state index in [0.29, 0.717) is 43.0 Å². The molecule has 9 nitrogen and oxygen atoms in total. The summed E-state index contributed by atoms with van der Waals surface area (Å²) in [7, 11) is 1.34. The molecule has 2 aliphatic rings. The van der Waals surface area contributed by atoms with Crippen molar-refractivity contribution in [3.8, 4) is 11.3 Å². The Morgan fingerprint density at radius 1 is 1.12 bits per heavy atom. The smallest absolute Gasteiger partial charge is 0.407 e. The van der Waals surface area contributed by atoms with Crippen LogP contribution in [0.25, 0.3) is 16.8 Å². The Kier molecular flexibility index (Phi) is 8.36. The summed E-state index contributed by atoms with van der Waals surface area (Å²) in [5, 5.41) is 7.52. The van der Waals surface area contributed by atoms with Gasteiger partial charge in [-0.15, -0.1) is 0 Å². The zero-order valence-corrected chi connectivity index (χ0v) is 24.3. The van der Waals surface area contributed by atoms with Crippen molar-refractivity contribution in [1.82, 2.24) is 24.9 Å². The maximum absolute atomic E-state index is 15.4. The van der Waals surface area contributed by atoms with Crippen LogP contribution in [0.3, 0.4) is 0 Å². The first-order valence-electron chi connectivity index (χ1n) is 14.8. The van der Waals surface area contributed by atoms with Gasteiger partial charge in [-0.1, -0.05) is 6.92 Å². The van der Waals surface area contributed by atoms with Gasteiger partial charge in [0.25, 0.3) is 0 Å². The molecule has 0 bridgehead atoms. The van der Waals surface area contributed by atoms with Crippen LogP contribution in [0.15, 0.2) is 48.9 Å². The zero-order valence-electron chi connectivity index (χ0n) is 24.3. The van der Waals surface area contributed by atoms with Gasteiger partial charge in [0.2, 0.25) is 0 Å². The van der Waals surface area contributed by atoms with Crippen LogP contribution in [0.2, 0.25) is 0 Å². The zero-order chi connectivity index (χ0) is 30.1. The number of nitrogens with two attached hydrogens (primary N) is 1. The van der Waals surface area contributed by atoms with Gasteiger partial charge in [0, 0.05) is 44.1 Å². The molecule has 6 rings (SSSR count). The van der Waals surface area contributed by atoms with Gasteiger partial charge in [-0.3, -0.25) is 4.98 Å². The highest BCUT2D eigenvalue weighted by atomic mass is 19.1. The number of hydrogen-bond donors (Lipinski definition) is 2. The summed E-state index contributed by atoms with van der Waals surface area (Å²) in [6.45, 7) is 3.26. The Morgan fingerprint density at radius 2 is 1.88 bits per heavy atom. The number of carbonyl (C=O) groups is 1. The Bertz CT molecular complexity index is 1590. The number of fused-ring (bicyclic) bond motifs is 1. The molecule has 3 aromatic heterocycles. The third-order valence-electron chi connectivity index (χ3n) is 8.95. The molecular weight excluding hydrogens is 554 g/mol. The van der Waals surface area contributed by atoms with Crippen molar-refractivity contribution in [2.24, 2.45) is 11.7 Å². The molecular formula is C32H36F2N6O3. The molecule has 1 amide bonds. The van der Waals surface area contributed by atoms with Crippen LogP contribution in [-0.2, 0) is 15.9 Å². The molecule has 3 N–H and O–H groups in total. The molecule has 4 aromatic rings. The average molecular weight is 591 g/mol. The summed E-state index contributed by atoms with van der Waals surface area (Å²) < 4.78 is 42.6. The minimum Gasteiger partial charge on any atom is -0.453 e. The number of ether oxygens (including phenoxy) is 2. The normalized spacial score (nSPS) is 22.9. The Morgan fingerprint density at radius 3 is 2.60 bits per heavy atom. The summed E-state index contributed by atoms with van der Waals surface area (Å²) in [6, 6.07) is 7.83. The molecule has 1 saturated carbocycles. The summed E-state index contributed by atoms with van der Waals surface area (Å²) in [6.07, 6.45) is 8.23. The number of methoxy groups -OCH3 is 1. The number of aromatic nitrogens is 4. The summed E-state index contributed by atoms with van der Waals surface area (Å²) in [5.74, 6) is -0.268. The Hall–Kier alpha value is -3.96. The van der Waals surface area contributed by atoms with Crippen LogP contribution in [-0.4, -0.2) is 58.1 Å². The number of hydrogen-bond acceptors (Lipinski definition) is 7. The molecule has 0 radical (unpaired) electrons. The number of nitrogens with one attached hydrogen (secondary N) is 1. The summed E-state index contributed by atoms with van der Waals surface area (Å²) in [5.41, 5.74) is 10.0. The molecule has 0 spiro atoms. The average Bonchev–Trinajstić information content (AvgIpc) is 3.41. The second-order valence-corrected chi connectivity index (χ2v) is 11.7. The van der Waals surface area contributed by atoms with Crippen LogP contribution >= 0.6 is 0 Å². The Balaban J connectivity index is 1.27. The van der Waals surface area contributed by atoms with E-state index < -0.39 is 17.7 Å². The van der Waals surface area contributed by atoms with Gasteiger partial charge in [-0.2, -0.15) is 5.10 Å². The fourth-order valence-corrected chi connectivity index (χ4v) is 6.73. The van der Waals surface area contributed by atoms with E-state index >= 15 is 8.78 Å². The highest BCUT2D eigenvalue weighted by molar-refractivity contribution is 5.67. The second kappa shape index (κ2) is 12.3. The Labute approximate surface area is 248 Å². The number of alkyl carbamates (subject to hydrolysis) is 1. The number of imidazole rings is 1. The van der Waals surface area contributed by atoms with Gasteiger partial charge in [0.05, 0.1) is 30.1 Å². The van der Waals surface area contributed by atoms with E-state index in [9.17, 15) is 4.79 Å². The third-order valence-corrected chi connectivity index (χ3v) is 8.95. The van der Waals surface area contributed by atoms with E-state index in [-0.39, 0.29) is 41.1 Å². The standard InChI is InChI=1S/C32H36F2N6O3/c1-18-11-21(14-27(35)31(18)38-32(41)42-2)24-5-8-36-16-22(24)15-29-37-17-23-3-4-28(39-40(23)29)30-25(33)12-20(13-26(30)34)19-6-9-43-10-7-19/h3-5,8,12-13,16-19,21,27,31H,6-7,9-11,14-15,35H2,1-2H3,(H,38,41)/t18-,21+,27+,31-/m0/s1. The lowest BCUT2D eigenvalue weighted by molar-refractivity contribution is 0.0852. The number of pyridine rings is 1. The molecule has 1 aliphatic carbocycles. The summed E-state index contributed by atoms with van der Waals surface area (Å²) >= 11 is 0. The van der Waals surface area contributed by atoms with Crippen molar-refractivity contribution >= 4 is 11.6 Å². The van der Waals surface area contributed by atoms with E-state index in [1.54, 1.807) is 29.0 Å². The number of rotatable bonds is 6. The molecule has 1 aliphatic heterocycles. The number of amides is 1. The van der Waals surface area contributed by atoms with Crippen molar-refractivity contribution in [3.05, 3.63) is 83.1 Å². The maximum atomic E-state index is 15.4. The van der Waals surface area contributed by atoms with Crippen molar-refractivity contribution in [2.45, 2.75) is 62.9 Å². The number of benzene rings is 1. The van der Waals surface area contributed by atoms with E-state index in [0.717, 1.165) is 30.4 Å². The van der Waals surface area contributed by atoms with Crippen molar-refractivity contribution < 1.29 is 23.0 Å². The summed E-state index contributed by atoms with van der Waals surface area (Å²) in [4.78, 5) is 20.8. The van der Waals surface area contributed by atoms with Gasteiger partial charge in [-0.25, -0.2) is 23.1 Å². The molecule has 2 fully saturated rings. The van der Waals surface area contributed by atoms with Gasteiger partial charge in [0.15, 0.2) is 0 Å². The topological polar surface area (TPSA) is 117 Å². The lowest BCUT2D eigenvalue weighted by Crippen LogP contribution is -2.54. The SMILES string of the molecule is COC(=O)N[C@@H]1[C@H](N)C[C@H](c2ccncc2Cc2ncc3ccc(-c4c(F)cc(C5CCOCC5)cc4F)nn23)C[C@@H]1C. The predicted molar refractivity (Wildman–Crippen MR) is 157 cm³/mol. The number of nitrogens with zero attached hydrogens (tertiary/aromatic N) is 4. The minimum atomic E-state index is -0.632. The van der Waals surface area contributed by atoms with E-state index in [2.05, 4.69) is 27.3 Å². The van der Waals surface area contributed by atoms with Gasteiger partial charge >= 0.3 is 6.09 Å². The van der Waals surface area contributed by atoms with Crippen LogP contribution in [0.1, 0.15) is 67.0 Å². The first-order valence-corrected chi connectivity index (χ1v) is 14.8. The van der Waals surface area contributed by atoms with E-state index in [4.69, 9.17) is 15.2 Å². The lowest BCUT2D eigenvalue weighted by atomic mass is 9.72. The molecule has 1 aromatic carbocycles. The molecule has 1 saturated heterocycles. The third kappa shape index (κ3) is 5.96. The largest absolute Gasteiger partial charge is 0.453 e. The highest BCUT2D eigenvalue weighted by Crippen LogP contribution is 2.38. The molecule has 4 atom stereocenters. The first-order chi connectivity index (χ1) is 20.8. The molecule has 226 valence electrons. The maximum Gasteiger partial charge on any atom is 0.407 e. The van der Waals surface area contributed by atoms with Gasteiger partial charge in [0.1, 0.15) is 17.5 Å². The second-order valence-electron chi connectivity index (χ2n) is 11.7.